The summed E-state index contributed by atoms with van der Waals surface area (Å²) in [6.45, 7) is 0. The van der Waals surface area contributed by atoms with Gasteiger partial charge < -0.3 is 4.74 Å². The average Bonchev–Trinajstić information content (AvgIpc) is 3.20. The van der Waals surface area contributed by atoms with E-state index in [-0.39, 0.29) is 0 Å². The van der Waals surface area contributed by atoms with Crippen molar-refractivity contribution in [1.82, 2.24) is 9.55 Å². The zero-order valence-electron chi connectivity index (χ0n) is 16.2. The Morgan fingerprint density at radius 3 is 2.27 bits per heavy atom. The predicted octanol–water partition coefficient (Wildman–Crippen LogP) is 6.97. The summed E-state index contributed by atoms with van der Waals surface area (Å²) in [6, 6.07) is 33.0. The zero-order chi connectivity index (χ0) is 19.9. The van der Waals surface area contributed by atoms with Crippen LogP contribution in [-0.4, -0.2) is 9.55 Å². The summed E-state index contributed by atoms with van der Waals surface area (Å²) in [4.78, 5) is 4.92. The summed E-state index contributed by atoms with van der Waals surface area (Å²) in [7, 11) is 0. The molecule has 0 saturated carbocycles. The topological polar surface area (TPSA) is 27.1 Å². The molecule has 0 saturated heterocycles. The summed E-state index contributed by atoms with van der Waals surface area (Å²) >= 11 is 0. The second-order valence-electron chi connectivity index (χ2n) is 7.33. The fraction of sp³-hybridized carbons (Fsp3) is 0. The van der Waals surface area contributed by atoms with Crippen LogP contribution in [0.3, 0.4) is 0 Å². The van der Waals surface area contributed by atoms with Gasteiger partial charge in [0.25, 0.3) is 0 Å². The van der Waals surface area contributed by atoms with Crippen molar-refractivity contribution in [3.63, 3.8) is 0 Å². The first-order valence-corrected chi connectivity index (χ1v) is 9.99. The number of ether oxygens (including phenoxy) is 1. The van der Waals surface area contributed by atoms with Crippen LogP contribution in [0, 0.1) is 0 Å². The molecule has 2 heterocycles. The molecule has 0 amide bonds. The molecule has 0 atom stereocenters. The first kappa shape index (κ1) is 16.8. The number of benzene rings is 4. The van der Waals surface area contributed by atoms with Gasteiger partial charge in [-0.25, -0.2) is 4.98 Å². The molecule has 30 heavy (non-hydrogen) atoms. The molecule has 0 spiro atoms. The molecule has 5 aromatic rings. The number of nitrogens with zero attached hydrogens (tertiary/aromatic N) is 2. The van der Waals surface area contributed by atoms with Crippen LogP contribution in [0.1, 0.15) is 11.1 Å². The molecule has 0 bridgehead atoms. The fourth-order valence-corrected chi connectivity index (χ4v) is 3.97. The predicted molar refractivity (Wildman–Crippen MR) is 122 cm³/mol. The molecule has 0 N–H and O–H groups in total. The number of hydrogen-bond acceptors (Lipinski definition) is 2. The van der Waals surface area contributed by atoms with Gasteiger partial charge in [0.2, 0.25) is 0 Å². The molecule has 1 aliphatic rings. The van der Waals surface area contributed by atoms with Gasteiger partial charge in [0, 0.05) is 5.56 Å². The van der Waals surface area contributed by atoms with Gasteiger partial charge >= 0.3 is 0 Å². The summed E-state index contributed by atoms with van der Waals surface area (Å²) in [5.41, 5.74) is 6.30. The lowest BCUT2D eigenvalue weighted by Gasteiger charge is -2.21. The van der Waals surface area contributed by atoms with Crippen molar-refractivity contribution >= 4 is 23.2 Å². The molecule has 0 radical (unpaired) electrons. The van der Waals surface area contributed by atoms with Crippen LogP contribution >= 0.6 is 0 Å². The minimum Gasteiger partial charge on any atom is -0.453 e. The maximum Gasteiger partial charge on any atom is 0.153 e. The molecule has 0 fully saturated rings. The Morgan fingerprint density at radius 1 is 0.667 bits per heavy atom. The molecule has 0 aliphatic carbocycles. The largest absolute Gasteiger partial charge is 0.453 e. The van der Waals surface area contributed by atoms with Crippen LogP contribution in [0.25, 0.3) is 40.3 Å². The van der Waals surface area contributed by atoms with E-state index in [9.17, 15) is 0 Å². The number of rotatable bonds is 3. The number of para-hydroxylation sites is 1. The van der Waals surface area contributed by atoms with Gasteiger partial charge in [-0.05, 0) is 35.4 Å². The summed E-state index contributed by atoms with van der Waals surface area (Å²) < 4.78 is 8.51. The van der Waals surface area contributed by atoms with Gasteiger partial charge in [-0.15, -0.1) is 0 Å². The van der Waals surface area contributed by atoms with Gasteiger partial charge in [-0.1, -0.05) is 84.9 Å². The standard InChI is InChI=1S/C27H18N2O/c1-3-8-19(9-4-1)14-15-20-16-17-23-25(18-20)30-24-13-7-12-22-26(24)29(23)27(28-22)21-10-5-2-6-11-21/h1-18H/b15-14+. The third-order valence-electron chi connectivity index (χ3n) is 5.38. The average molecular weight is 386 g/mol. The number of imidazole rings is 1. The lowest BCUT2D eigenvalue weighted by atomic mass is 10.1. The monoisotopic (exact) mass is 386 g/mol. The molecule has 3 heteroatoms. The number of hydrogen-bond donors (Lipinski definition) is 0. The Hall–Kier alpha value is -4.11. The molecular formula is C27H18N2O. The normalized spacial score (nSPS) is 12.1. The highest BCUT2D eigenvalue weighted by molar-refractivity contribution is 5.91. The Balaban J connectivity index is 1.51. The van der Waals surface area contributed by atoms with Crippen molar-refractivity contribution in [1.29, 1.82) is 0 Å². The molecule has 142 valence electrons. The van der Waals surface area contributed by atoms with Gasteiger partial charge in [0.1, 0.15) is 11.3 Å². The fourth-order valence-electron chi connectivity index (χ4n) is 3.97. The summed E-state index contributed by atoms with van der Waals surface area (Å²) in [6.07, 6.45) is 4.23. The van der Waals surface area contributed by atoms with Crippen molar-refractivity contribution in [2.24, 2.45) is 0 Å². The molecule has 4 aromatic carbocycles. The molecular weight excluding hydrogens is 368 g/mol. The highest BCUT2D eigenvalue weighted by Gasteiger charge is 2.24. The lowest BCUT2D eigenvalue weighted by molar-refractivity contribution is 0.475. The molecule has 0 unspecified atom stereocenters. The second-order valence-corrected chi connectivity index (χ2v) is 7.33. The van der Waals surface area contributed by atoms with Crippen molar-refractivity contribution in [2.75, 3.05) is 0 Å². The highest BCUT2D eigenvalue weighted by Crippen LogP contribution is 2.43. The van der Waals surface area contributed by atoms with Crippen LogP contribution in [0.15, 0.2) is 97.1 Å². The van der Waals surface area contributed by atoms with E-state index < -0.39 is 0 Å². The van der Waals surface area contributed by atoms with E-state index in [1.54, 1.807) is 0 Å². The number of fused-ring (bicyclic) bond motifs is 2. The molecule has 3 nitrogen and oxygen atoms in total. The zero-order valence-corrected chi connectivity index (χ0v) is 16.2. The van der Waals surface area contributed by atoms with Gasteiger partial charge in [0.15, 0.2) is 11.5 Å². The summed E-state index contributed by atoms with van der Waals surface area (Å²) in [5.74, 6) is 2.59. The SMILES string of the molecule is C(=C\c1ccc2c(c1)Oc1cccc3nc(-c4ccccc4)n-2c13)/c1ccccc1. The maximum atomic E-state index is 6.30. The van der Waals surface area contributed by atoms with E-state index in [4.69, 9.17) is 9.72 Å². The van der Waals surface area contributed by atoms with Crippen molar-refractivity contribution in [2.45, 2.75) is 0 Å². The summed E-state index contributed by atoms with van der Waals surface area (Å²) in [5, 5.41) is 0. The Kier molecular flexibility index (Phi) is 3.78. The molecule has 1 aliphatic heterocycles. The highest BCUT2D eigenvalue weighted by atomic mass is 16.5. The third-order valence-corrected chi connectivity index (χ3v) is 5.38. The van der Waals surface area contributed by atoms with E-state index in [2.05, 4.69) is 59.2 Å². The molecule has 6 rings (SSSR count). The van der Waals surface area contributed by atoms with Crippen LogP contribution in [0.2, 0.25) is 0 Å². The Labute approximate surface area is 174 Å². The lowest BCUT2D eigenvalue weighted by Crippen LogP contribution is -2.05. The second kappa shape index (κ2) is 6.75. The van der Waals surface area contributed by atoms with Crippen LogP contribution < -0.4 is 4.74 Å². The van der Waals surface area contributed by atoms with Crippen LogP contribution in [0.4, 0.5) is 0 Å². The smallest absolute Gasteiger partial charge is 0.153 e. The van der Waals surface area contributed by atoms with Gasteiger partial charge in [-0.2, -0.15) is 0 Å². The molecule has 1 aromatic heterocycles. The third kappa shape index (κ3) is 2.72. The number of aromatic nitrogens is 2. The van der Waals surface area contributed by atoms with Crippen LogP contribution in [0.5, 0.6) is 11.5 Å². The Bertz CT molecular complexity index is 1400. The Morgan fingerprint density at radius 2 is 1.43 bits per heavy atom. The van der Waals surface area contributed by atoms with Crippen LogP contribution in [-0.2, 0) is 0 Å². The van der Waals surface area contributed by atoms with Gasteiger partial charge in [-0.3, -0.25) is 4.57 Å². The minimum absolute atomic E-state index is 0.832. The van der Waals surface area contributed by atoms with E-state index in [1.807, 2.05) is 54.6 Å². The van der Waals surface area contributed by atoms with E-state index in [0.29, 0.717) is 0 Å². The van der Waals surface area contributed by atoms with Crippen molar-refractivity contribution < 1.29 is 4.74 Å². The van der Waals surface area contributed by atoms with E-state index >= 15 is 0 Å². The maximum absolute atomic E-state index is 6.30. The van der Waals surface area contributed by atoms with Crippen molar-refractivity contribution in [3.05, 3.63) is 108 Å². The first-order chi connectivity index (χ1) is 14.9. The van der Waals surface area contributed by atoms with E-state index in [1.165, 1.54) is 5.56 Å². The quantitative estimate of drug-likeness (QED) is 0.307. The van der Waals surface area contributed by atoms with Crippen molar-refractivity contribution in [3.8, 4) is 28.6 Å². The minimum atomic E-state index is 0.832. The first-order valence-electron chi connectivity index (χ1n) is 9.99. The van der Waals surface area contributed by atoms with Gasteiger partial charge in [0.05, 0.1) is 11.2 Å². The van der Waals surface area contributed by atoms with E-state index in [0.717, 1.165) is 45.2 Å².